The molecule has 3 N–H and O–H groups in total. The zero-order valence-corrected chi connectivity index (χ0v) is 12.7. The standard InChI is InChI=1S/C9H14Cl2N3O5P/c10-3-4-13-8(5-11)20(12,17)18-6-7-1-2-9(19-7)14(15)16/h1-2,8,13H,3-6H2,(H2,12,17). The van der Waals surface area contributed by atoms with E-state index in [1.54, 1.807) is 0 Å². The first kappa shape index (κ1) is 17.4. The summed E-state index contributed by atoms with van der Waals surface area (Å²) in [6.45, 7) is 0.118. The van der Waals surface area contributed by atoms with E-state index < -0.39 is 24.1 Å². The van der Waals surface area contributed by atoms with Crippen LogP contribution in [0.15, 0.2) is 16.5 Å². The Balaban J connectivity index is 2.60. The molecule has 0 aliphatic carbocycles. The van der Waals surface area contributed by atoms with E-state index in [0.717, 1.165) is 0 Å². The first-order valence-electron chi connectivity index (χ1n) is 5.52. The normalized spacial score (nSPS) is 15.8. The van der Waals surface area contributed by atoms with E-state index in [1.807, 2.05) is 0 Å². The molecule has 0 aromatic carbocycles. The second-order valence-corrected chi connectivity index (χ2v) is 6.59. The van der Waals surface area contributed by atoms with Crippen LogP contribution in [0.5, 0.6) is 0 Å². The van der Waals surface area contributed by atoms with Gasteiger partial charge in [-0.1, -0.05) is 0 Å². The van der Waals surface area contributed by atoms with E-state index in [9.17, 15) is 14.7 Å². The van der Waals surface area contributed by atoms with Crippen molar-refractivity contribution in [1.29, 1.82) is 0 Å². The number of nitro groups is 1. The van der Waals surface area contributed by atoms with Gasteiger partial charge in [0.2, 0.25) is 0 Å². The maximum atomic E-state index is 12.2. The third-order valence-electron chi connectivity index (χ3n) is 2.29. The van der Waals surface area contributed by atoms with Gasteiger partial charge in [0, 0.05) is 18.3 Å². The first-order chi connectivity index (χ1) is 9.40. The van der Waals surface area contributed by atoms with Gasteiger partial charge in [-0.15, -0.1) is 23.2 Å². The molecule has 20 heavy (non-hydrogen) atoms. The second kappa shape index (κ2) is 7.97. The van der Waals surface area contributed by atoms with Gasteiger partial charge in [-0.25, -0.2) is 0 Å². The minimum Gasteiger partial charge on any atom is -0.403 e. The molecule has 1 heterocycles. The number of nitrogens with zero attached hydrogens (tertiary/aromatic N) is 1. The molecule has 0 aliphatic rings. The Morgan fingerprint density at radius 1 is 1.55 bits per heavy atom. The SMILES string of the molecule is NP(=O)(OCc1ccc([N+](=O)[O-])o1)C(CCl)NCCCl. The second-order valence-electron chi connectivity index (χ2n) is 3.73. The van der Waals surface area contributed by atoms with E-state index in [2.05, 4.69) is 5.32 Å². The van der Waals surface area contributed by atoms with E-state index in [0.29, 0.717) is 12.4 Å². The Hall–Kier alpha value is -0.630. The summed E-state index contributed by atoms with van der Waals surface area (Å²) < 4.78 is 22.1. The van der Waals surface area contributed by atoms with Crippen molar-refractivity contribution < 1.29 is 18.4 Å². The molecule has 1 rings (SSSR count). The van der Waals surface area contributed by atoms with Gasteiger partial charge >= 0.3 is 5.88 Å². The van der Waals surface area contributed by atoms with Crippen LogP contribution in [0.4, 0.5) is 5.88 Å². The van der Waals surface area contributed by atoms with Crippen LogP contribution in [0.25, 0.3) is 0 Å². The van der Waals surface area contributed by atoms with Crippen molar-refractivity contribution in [3.8, 4) is 0 Å². The van der Waals surface area contributed by atoms with Crippen molar-refractivity contribution in [3.05, 3.63) is 28.0 Å². The smallest absolute Gasteiger partial charge is 0.403 e. The highest BCUT2D eigenvalue weighted by Crippen LogP contribution is 2.43. The summed E-state index contributed by atoms with van der Waals surface area (Å²) in [6.07, 6.45) is 0. The number of nitrogens with one attached hydrogen (secondary N) is 1. The van der Waals surface area contributed by atoms with E-state index in [1.165, 1.54) is 12.1 Å². The van der Waals surface area contributed by atoms with Crippen LogP contribution < -0.4 is 10.8 Å². The van der Waals surface area contributed by atoms with E-state index in [-0.39, 0.29) is 18.2 Å². The first-order valence-corrected chi connectivity index (χ1v) is 8.35. The molecule has 0 saturated heterocycles. The molecule has 8 nitrogen and oxygen atoms in total. The Labute approximate surface area is 125 Å². The molecule has 0 fully saturated rings. The lowest BCUT2D eigenvalue weighted by molar-refractivity contribution is -0.402. The molecule has 0 spiro atoms. The van der Waals surface area contributed by atoms with Gasteiger partial charge in [-0.3, -0.25) is 20.2 Å². The maximum absolute atomic E-state index is 12.2. The number of hydrogen-bond acceptors (Lipinski definition) is 6. The minimum atomic E-state index is -3.54. The molecule has 0 saturated carbocycles. The molecule has 0 radical (unpaired) electrons. The molecular formula is C9H14Cl2N3O5P. The Bertz CT molecular complexity index is 498. The highest BCUT2D eigenvalue weighted by atomic mass is 35.5. The van der Waals surface area contributed by atoms with Crippen molar-refractivity contribution in [2.45, 2.75) is 12.4 Å². The topological polar surface area (TPSA) is 121 Å². The number of furan rings is 1. The predicted molar refractivity (Wildman–Crippen MR) is 75.2 cm³/mol. The van der Waals surface area contributed by atoms with Crippen molar-refractivity contribution in [2.24, 2.45) is 5.50 Å². The summed E-state index contributed by atoms with van der Waals surface area (Å²) in [5.41, 5.74) is 5.59. The van der Waals surface area contributed by atoms with Crippen LogP contribution in [-0.4, -0.2) is 29.0 Å². The molecule has 2 unspecified atom stereocenters. The quantitative estimate of drug-likeness (QED) is 0.304. The lowest BCUT2D eigenvalue weighted by Gasteiger charge is -2.22. The molecule has 11 heteroatoms. The summed E-state index contributed by atoms with van der Waals surface area (Å²) in [7, 11) is -3.54. The number of halogens is 2. The van der Waals surface area contributed by atoms with Crippen LogP contribution in [0.3, 0.4) is 0 Å². The van der Waals surface area contributed by atoms with Crippen LogP contribution in [0, 0.1) is 10.1 Å². The fourth-order valence-corrected chi connectivity index (χ4v) is 3.18. The summed E-state index contributed by atoms with van der Waals surface area (Å²) in [6, 6.07) is 2.52. The number of nitrogens with two attached hydrogens (primary N) is 1. The third kappa shape index (κ3) is 5.05. The lowest BCUT2D eigenvalue weighted by Crippen LogP contribution is -2.35. The molecule has 1 aromatic rings. The van der Waals surface area contributed by atoms with Gasteiger partial charge in [0.25, 0.3) is 7.52 Å². The van der Waals surface area contributed by atoms with Crippen LogP contribution >= 0.6 is 30.7 Å². The van der Waals surface area contributed by atoms with Gasteiger partial charge in [0.1, 0.15) is 23.1 Å². The van der Waals surface area contributed by atoms with Crippen LogP contribution in [-0.2, 0) is 15.7 Å². The zero-order valence-electron chi connectivity index (χ0n) is 10.3. The Morgan fingerprint density at radius 2 is 2.25 bits per heavy atom. The van der Waals surface area contributed by atoms with Gasteiger partial charge in [0.15, 0.2) is 0 Å². The molecule has 2 atom stereocenters. The van der Waals surface area contributed by atoms with Crippen molar-refractivity contribution in [3.63, 3.8) is 0 Å². The fraction of sp³-hybridized carbons (Fsp3) is 0.556. The summed E-state index contributed by atoms with van der Waals surface area (Å²) >= 11 is 11.2. The summed E-state index contributed by atoms with van der Waals surface area (Å²) in [4.78, 5) is 9.75. The van der Waals surface area contributed by atoms with E-state index in [4.69, 9.17) is 37.6 Å². The maximum Gasteiger partial charge on any atom is 0.433 e. The predicted octanol–water partition coefficient (Wildman–Crippen LogP) is 2.25. The molecule has 1 aromatic heterocycles. The molecule has 0 amide bonds. The minimum absolute atomic E-state index is 0.0248. The van der Waals surface area contributed by atoms with Crippen LogP contribution in [0.1, 0.15) is 5.76 Å². The average Bonchev–Trinajstić information content (AvgIpc) is 2.86. The van der Waals surface area contributed by atoms with Crippen molar-refractivity contribution in [1.82, 2.24) is 5.32 Å². The highest BCUT2D eigenvalue weighted by Gasteiger charge is 2.29. The Morgan fingerprint density at radius 3 is 2.75 bits per heavy atom. The molecular weight excluding hydrogens is 332 g/mol. The average molecular weight is 346 g/mol. The third-order valence-corrected chi connectivity index (χ3v) is 4.77. The van der Waals surface area contributed by atoms with Gasteiger partial charge in [-0.2, -0.15) is 0 Å². The summed E-state index contributed by atoms with van der Waals surface area (Å²) in [5.74, 6) is -0.758. The van der Waals surface area contributed by atoms with Crippen molar-refractivity contribution >= 4 is 36.6 Å². The number of hydrogen-bond donors (Lipinski definition) is 2. The Kier molecular flexibility index (Phi) is 6.94. The summed E-state index contributed by atoms with van der Waals surface area (Å²) in [5, 5.41) is 13.2. The number of rotatable bonds is 9. The molecule has 114 valence electrons. The molecule has 0 aliphatic heterocycles. The highest BCUT2D eigenvalue weighted by molar-refractivity contribution is 7.57. The van der Waals surface area contributed by atoms with Gasteiger partial charge in [0.05, 0.1) is 6.07 Å². The number of alkyl halides is 2. The lowest BCUT2D eigenvalue weighted by atomic mass is 10.5. The van der Waals surface area contributed by atoms with Gasteiger partial charge in [-0.05, 0) is 6.07 Å². The largest absolute Gasteiger partial charge is 0.433 e. The van der Waals surface area contributed by atoms with E-state index >= 15 is 0 Å². The van der Waals surface area contributed by atoms with Crippen LogP contribution in [0.2, 0.25) is 0 Å². The zero-order chi connectivity index (χ0) is 15.2. The molecule has 0 bridgehead atoms. The monoisotopic (exact) mass is 345 g/mol. The fourth-order valence-electron chi connectivity index (χ4n) is 1.30. The van der Waals surface area contributed by atoms with Gasteiger partial charge < -0.3 is 14.3 Å². The van der Waals surface area contributed by atoms with Crippen molar-refractivity contribution in [2.75, 3.05) is 18.3 Å².